The lowest BCUT2D eigenvalue weighted by atomic mass is 10.1. The van der Waals surface area contributed by atoms with E-state index in [2.05, 4.69) is 10.3 Å². The van der Waals surface area contributed by atoms with E-state index in [4.69, 9.17) is 0 Å². The highest BCUT2D eigenvalue weighted by atomic mass is 32.1. The molecule has 0 aliphatic carbocycles. The lowest BCUT2D eigenvalue weighted by molar-refractivity contribution is -0.120. The Morgan fingerprint density at radius 1 is 1.39 bits per heavy atom. The normalized spacial score (nSPS) is 10.3. The van der Waals surface area contributed by atoms with Crippen LogP contribution in [0.4, 0.5) is 4.39 Å². The van der Waals surface area contributed by atoms with Crippen LogP contribution in [0.15, 0.2) is 29.6 Å². The number of amides is 1. The second kappa shape index (κ2) is 5.73. The molecule has 0 saturated heterocycles. The van der Waals surface area contributed by atoms with E-state index in [0.717, 1.165) is 16.3 Å². The molecule has 0 saturated carbocycles. The van der Waals surface area contributed by atoms with Crippen LogP contribution in [0.1, 0.15) is 16.3 Å². The van der Waals surface area contributed by atoms with Crippen molar-refractivity contribution in [3.63, 3.8) is 0 Å². The first-order valence-corrected chi connectivity index (χ1v) is 6.43. The summed E-state index contributed by atoms with van der Waals surface area (Å²) in [4.78, 5) is 15.9. The molecule has 5 heteroatoms. The van der Waals surface area contributed by atoms with Crippen molar-refractivity contribution in [1.82, 2.24) is 10.3 Å². The number of carbonyl (C=O) groups excluding carboxylic acids is 1. The number of nitrogens with one attached hydrogen (secondary N) is 1. The molecule has 1 aromatic carbocycles. The first kappa shape index (κ1) is 12.7. The molecule has 2 rings (SSSR count). The van der Waals surface area contributed by atoms with Gasteiger partial charge in [0.15, 0.2) is 0 Å². The molecule has 2 aromatic rings. The summed E-state index contributed by atoms with van der Waals surface area (Å²) < 4.78 is 12.7. The van der Waals surface area contributed by atoms with Crippen LogP contribution < -0.4 is 5.32 Å². The third-order valence-corrected chi connectivity index (χ3v) is 3.35. The van der Waals surface area contributed by atoms with Crippen LogP contribution in [-0.4, -0.2) is 10.9 Å². The van der Waals surface area contributed by atoms with Gasteiger partial charge in [-0.2, -0.15) is 0 Å². The van der Waals surface area contributed by atoms with Crippen molar-refractivity contribution < 1.29 is 9.18 Å². The fourth-order valence-corrected chi connectivity index (χ4v) is 2.22. The van der Waals surface area contributed by atoms with Crippen LogP contribution in [-0.2, 0) is 17.8 Å². The van der Waals surface area contributed by atoms with Gasteiger partial charge < -0.3 is 5.32 Å². The van der Waals surface area contributed by atoms with E-state index in [0.29, 0.717) is 6.54 Å². The summed E-state index contributed by atoms with van der Waals surface area (Å²) >= 11 is 1.52. The first-order valence-electron chi connectivity index (χ1n) is 5.55. The molecule has 1 aromatic heterocycles. The lowest BCUT2D eigenvalue weighted by Crippen LogP contribution is -2.24. The van der Waals surface area contributed by atoms with Gasteiger partial charge in [0.1, 0.15) is 10.8 Å². The van der Waals surface area contributed by atoms with Crippen LogP contribution in [0.5, 0.6) is 0 Å². The van der Waals surface area contributed by atoms with Crippen LogP contribution in [0.25, 0.3) is 0 Å². The second-order valence-corrected chi connectivity index (χ2v) is 4.91. The van der Waals surface area contributed by atoms with E-state index < -0.39 is 0 Å². The molecule has 3 nitrogen and oxygen atoms in total. The molecule has 0 spiro atoms. The maximum atomic E-state index is 12.7. The summed E-state index contributed by atoms with van der Waals surface area (Å²) in [5, 5.41) is 5.63. The molecule has 1 heterocycles. The summed E-state index contributed by atoms with van der Waals surface area (Å²) in [6.45, 7) is 2.36. The Labute approximate surface area is 109 Å². The third-order valence-electron chi connectivity index (χ3n) is 2.38. The molecule has 0 bridgehead atoms. The zero-order valence-electron chi connectivity index (χ0n) is 9.94. The van der Waals surface area contributed by atoms with Gasteiger partial charge in [0.2, 0.25) is 5.91 Å². The Kier molecular flexibility index (Phi) is 4.04. The Morgan fingerprint density at radius 3 is 2.72 bits per heavy atom. The van der Waals surface area contributed by atoms with Gasteiger partial charge in [-0.05, 0) is 24.6 Å². The average Bonchev–Trinajstić information content (AvgIpc) is 2.76. The van der Waals surface area contributed by atoms with Crippen LogP contribution in [0, 0.1) is 12.7 Å². The predicted octanol–water partition coefficient (Wildman–Crippen LogP) is 2.45. The fraction of sp³-hybridized carbons (Fsp3) is 0.231. The minimum atomic E-state index is -0.294. The molecule has 1 amide bonds. The second-order valence-electron chi connectivity index (χ2n) is 3.96. The summed E-state index contributed by atoms with van der Waals surface area (Å²) in [6, 6.07) is 5.94. The molecule has 0 radical (unpaired) electrons. The zero-order chi connectivity index (χ0) is 13.0. The number of benzene rings is 1. The number of aryl methyl sites for hydroxylation is 1. The Hall–Kier alpha value is -1.75. The number of carbonyl (C=O) groups is 1. The van der Waals surface area contributed by atoms with Crippen molar-refractivity contribution in [3.05, 3.63) is 51.7 Å². The number of nitrogens with zero attached hydrogens (tertiary/aromatic N) is 1. The van der Waals surface area contributed by atoms with Gasteiger partial charge in [-0.15, -0.1) is 11.3 Å². The molecule has 0 aliphatic rings. The van der Waals surface area contributed by atoms with Gasteiger partial charge >= 0.3 is 0 Å². The lowest BCUT2D eigenvalue weighted by Gasteiger charge is -2.03. The number of rotatable bonds is 4. The first-order chi connectivity index (χ1) is 8.63. The summed E-state index contributed by atoms with van der Waals surface area (Å²) in [7, 11) is 0. The smallest absolute Gasteiger partial charge is 0.224 e. The maximum Gasteiger partial charge on any atom is 0.224 e. The molecular formula is C13H13FN2OS. The number of thiazole rings is 1. The number of aromatic nitrogens is 1. The van der Waals surface area contributed by atoms with Crippen LogP contribution >= 0.6 is 11.3 Å². The Morgan fingerprint density at radius 2 is 2.11 bits per heavy atom. The van der Waals surface area contributed by atoms with Gasteiger partial charge in [-0.1, -0.05) is 12.1 Å². The van der Waals surface area contributed by atoms with Gasteiger partial charge in [0.05, 0.1) is 13.0 Å². The van der Waals surface area contributed by atoms with E-state index in [1.54, 1.807) is 12.1 Å². The molecule has 1 N–H and O–H groups in total. The van der Waals surface area contributed by atoms with Gasteiger partial charge in [0, 0.05) is 11.1 Å². The summed E-state index contributed by atoms with van der Waals surface area (Å²) in [6.07, 6.45) is 0.255. The van der Waals surface area contributed by atoms with E-state index >= 15 is 0 Å². The quantitative estimate of drug-likeness (QED) is 0.921. The topological polar surface area (TPSA) is 42.0 Å². The van der Waals surface area contributed by atoms with Crippen molar-refractivity contribution in [1.29, 1.82) is 0 Å². The van der Waals surface area contributed by atoms with E-state index in [-0.39, 0.29) is 18.1 Å². The van der Waals surface area contributed by atoms with E-state index in [1.807, 2.05) is 12.3 Å². The summed E-state index contributed by atoms with van der Waals surface area (Å²) in [5.41, 5.74) is 1.76. The van der Waals surface area contributed by atoms with Crippen LogP contribution in [0.3, 0.4) is 0 Å². The Bertz CT molecular complexity index is 536. The van der Waals surface area contributed by atoms with Crippen LogP contribution in [0.2, 0.25) is 0 Å². The molecule has 0 aliphatic heterocycles. The molecule has 0 fully saturated rings. The maximum absolute atomic E-state index is 12.7. The van der Waals surface area contributed by atoms with E-state index in [1.165, 1.54) is 23.5 Å². The van der Waals surface area contributed by atoms with Crippen molar-refractivity contribution in [3.8, 4) is 0 Å². The number of hydrogen-bond donors (Lipinski definition) is 1. The van der Waals surface area contributed by atoms with Gasteiger partial charge in [0.25, 0.3) is 0 Å². The molecule has 94 valence electrons. The standard InChI is InChI=1S/C13H13FN2OS/c1-9-8-18-13(16-9)7-15-12(17)6-10-2-4-11(14)5-3-10/h2-5,8H,6-7H2,1H3,(H,15,17). The Balaban J connectivity index is 1.83. The number of halogens is 1. The molecular weight excluding hydrogens is 251 g/mol. The van der Waals surface area contributed by atoms with E-state index in [9.17, 15) is 9.18 Å². The summed E-state index contributed by atoms with van der Waals surface area (Å²) in [5.74, 6) is -0.383. The zero-order valence-corrected chi connectivity index (χ0v) is 10.8. The van der Waals surface area contributed by atoms with Crippen molar-refractivity contribution >= 4 is 17.2 Å². The van der Waals surface area contributed by atoms with Crippen molar-refractivity contribution in [2.24, 2.45) is 0 Å². The minimum Gasteiger partial charge on any atom is -0.349 e. The van der Waals surface area contributed by atoms with Crippen molar-refractivity contribution in [2.45, 2.75) is 19.9 Å². The highest BCUT2D eigenvalue weighted by Crippen LogP contribution is 2.08. The van der Waals surface area contributed by atoms with Gasteiger partial charge in [-0.25, -0.2) is 9.37 Å². The fourth-order valence-electron chi connectivity index (χ4n) is 1.51. The highest BCUT2D eigenvalue weighted by molar-refractivity contribution is 7.09. The monoisotopic (exact) mass is 264 g/mol. The number of hydrogen-bond acceptors (Lipinski definition) is 3. The van der Waals surface area contributed by atoms with Gasteiger partial charge in [-0.3, -0.25) is 4.79 Å². The highest BCUT2D eigenvalue weighted by Gasteiger charge is 2.05. The molecule has 18 heavy (non-hydrogen) atoms. The van der Waals surface area contributed by atoms with Crippen molar-refractivity contribution in [2.75, 3.05) is 0 Å². The molecule has 0 unspecified atom stereocenters. The SMILES string of the molecule is Cc1csc(CNC(=O)Cc2ccc(F)cc2)n1. The molecule has 0 atom stereocenters. The average molecular weight is 264 g/mol. The largest absolute Gasteiger partial charge is 0.349 e. The minimum absolute atomic E-state index is 0.0885. The third kappa shape index (κ3) is 3.63. The predicted molar refractivity (Wildman–Crippen MR) is 68.8 cm³/mol.